The summed E-state index contributed by atoms with van der Waals surface area (Å²) in [5, 5.41) is 12.4. The maximum Gasteiger partial charge on any atom is 0.372 e. The molecule has 0 aliphatic carbocycles. The summed E-state index contributed by atoms with van der Waals surface area (Å²) in [6.07, 6.45) is 0.360. The Labute approximate surface area is 103 Å². The second-order valence-corrected chi connectivity index (χ2v) is 3.94. The minimum Gasteiger partial charge on any atom is -0.475 e. The number of aromatic carboxylic acids is 1. The highest BCUT2D eigenvalue weighted by Crippen LogP contribution is 2.31. The van der Waals surface area contributed by atoms with Crippen LogP contribution in [0.5, 0.6) is 0 Å². The van der Waals surface area contributed by atoms with Crippen LogP contribution in [0.1, 0.15) is 29.5 Å². The number of nitrogens with one attached hydrogen (secondary N) is 1. The highest BCUT2D eigenvalue weighted by molar-refractivity contribution is 6.05. The number of fused-ring (bicyclic) bond motifs is 1. The van der Waals surface area contributed by atoms with E-state index in [1.165, 1.54) is 0 Å². The molecule has 0 radical (unpaired) electrons. The molecule has 1 amide bonds. The van der Waals surface area contributed by atoms with Crippen molar-refractivity contribution in [2.45, 2.75) is 20.3 Å². The quantitative estimate of drug-likeness (QED) is 0.874. The van der Waals surface area contributed by atoms with E-state index in [0.29, 0.717) is 28.6 Å². The van der Waals surface area contributed by atoms with Gasteiger partial charge in [-0.2, -0.15) is 0 Å². The van der Waals surface area contributed by atoms with Crippen LogP contribution in [0.25, 0.3) is 11.0 Å². The second-order valence-electron chi connectivity index (χ2n) is 3.94. The molecule has 0 spiro atoms. The number of hydrogen-bond donors (Lipinski definition) is 2. The van der Waals surface area contributed by atoms with Crippen LogP contribution in [-0.4, -0.2) is 17.0 Å². The number of benzene rings is 1. The molecule has 0 fully saturated rings. The van der Waals surface area contributed by atoms with E-state index < -0.39 is 5.97 Å². The number of carbonyl (C=O) groups is 2. The Kier molecular flexibility index (Phi) is 3.06. The summed E-state index contributed by atoms with van der Waals surface area (Å²) in [5.74, 6) is -1.33. The van der Waals surface area contributed by atoms with Gasteiger partial charge in [-0.15, -0.1) is 0 Å². The standard InChI is InChI=1S/C13H13NO4/c1-3-10(15)14-8-5-4-6-9-11(8)7(2)12(18-9)13(16)17/h4-6H,3H2,1-2H3,(H,14,15)(H,16,17). The van der Waals surface area contributed by atoms with Crippen molar-refractivity contribution < 1.29 is 19.1 Å². The molecular weight excluding hydrogens is 234 g/mol. The number of hydrogen-bond acceptors (Lipinski definition) is 3. The molecule has 0 saturated carbocycles. The van der Waals surface area contributed by atoms with Gasteiger partial charge in [-0.3, -0.25) is 4.79 Å². The van der Waals surface area contributed by atoms with E-state index in [0.717, 1.165) is 0 Å². The predicted molar refractivity (Wildman–Crippen MR) is 66.8 cm³/mol. The van der Waals surface area contributed by atoms with Gasteiger partial charge in [-0.1, -0.05) is 13.0 Å². The first-order valence-corrected chi connectivity index (χ1v) is 5.59. The van der Waals surface area contributed by atoms with E-state index in [2.05, 4.69) is 5.32 Å². The molecule has 5 nitrogen and oxygen atoms in total. The van der Waals surface area contributed by atoms with E-state index in [4.69, 9.17) is 9.52 Å². The van der Waals surface area contributed by atoms with E-state index in [1.54, 1.807) is 32.0 Å². The first kappa shape index (κ1) is 12.2. The first-order chi connectivity index (χ1) is 8.54. The molecule has 0 atom stereocenters. The molecule has 0 aliphatic rings. The molecule has 0 unspecified atom stereocenters. The van der Waals surface area contributed by atoms with Gasteiger partial charge >= 0.3 is 5.97 Å². The van der Waals surface area contributed by atoms with Crippen molar-refractivity contribution in [3.63, 3.8) is 0 Å². The Morgan fingerprint density at radius 2 is 2.11 bits per heavy atom. The zero-order valence-corrected chi connectivity index (χ0v) is 10.1. The highest BCUT2D eigenvalue weighted by atomic mass is 16.4. The van der Waals surface area contributed by atoms with Crippen molar-refractivity contribution in [1.82, 2.24) is 0 Å². The SMILES string of the molecule is CCC(=O)Nc1cccc2oc(C(=O)O)c(C)c12. The van der Waals surface area contributed by atoms with Crippen LogP contribution in [-0.2, 0) is 4.79 Å². The Balaban J connectivity index is 2.61. The molecule has 1 heterocycles. The fourth-order valence-electron chi connectivity index (χ4n) is 1.85. The van der Waals surface area contributed by atoms with Crippen LogP contribution in [0.4, 0.5) is 5.69 Å². The van der Waals surface area contributed by atoms with Crippen LogP contribution < -0.4 is 5.32 Å². The number of rotatable bonds is 3. The largest absolute Gasteiger partial charge is 0.475 e. The van der Waals surface area contributed by atoms with Crippen LogP contribution in [0.2, 0.25) is 0 Å². The number of aryl methyl sites for hydroxylation is 1. The minimum absolute atomic E-state index is 0.0943. The van der Waals surface area contributed by atoms with Crippen molar-refractivity contribution >= 4 is 28.5 Å². The van der Waals surface area contributed by atoms with Crippen molar-refractivity contribution in [2.75, 3.05) is 5.32 Å². The molecular formula is C13H13NO4. The summed E-state index contributed by atoms with van der Waals surface area (Å²) in [6, 6.07) is 5.11. The molecule has 94 valence electrons. The molecule has 2 N–H and O–H groups in total. The molecule has 18 heavy (non-hydrogen) atoms. The van der Waals surface area contributed by atoms with Gasteiger partial charge in [0.1, 0.15) is 5.58 Å². The number of anilines is 1. The summed E-state index contributed by atoms with van der Waals surface area (Å²) in [5.41, 5.74) is 1.55. The van der Waals surface area contributed by atoms with Gasteiger partial charge < -0.3 is 14.8 Å². The van der Waals surface area contributed by atoms with Crippen molar-refractivity contribution in [3.8, 4) is 0 Å². The van der Waals surface area contributed by atoms with Crippen LogP contribution in [0, 0.1) is 6.92 Å². The van der Waals surface area contributed by atoms with E-state index >= 15 is 0 Å². The molecule has 2 aromatic rings. The van der Waals surface area contributed by atoms with Crippen LogP contribution in [0.3, 0.4) is 0 Å². The number of carbonyl (C=O) groups excluding carboxylic acids is 1. The normalized spacial score (nSPS) is 10.6. The zero-order valence-electron chi connectivity index (χ0n) is 10.1. The summed E-state index contributed by atoms with van der Waals surface area (Å²) in [7, 11) is 0. The van der Waals surface area contributed by atoms with Gasteiger partial charge in [0, 0.05) is 17.4 Å². The smallest absolute Gasteiger partial charge is 0.372 e. The average Bonchev–Trinajstić information content (AvgIpc) is 2.68. The Morgan fingerprint density at radius 3 is 2.72 bits per heavy atom. The van der Waals surface area contributed by atoms with Crippen molar-refractivity contribution in [1.29, 1.82) is 0 Å². The second kappa shape index (κ2) is 4.52. The molecule has 0 aliphatic heterocycles. The Hall–Kier alpha value is -2.30. The lowest BCUT2D eigenvalue weighted by molar-refractivity contribution is -0.115. The molecule has 0 saturated heterocycles. The summed E-state index contributed by atoms with van der Waals surface area (Å²) in [4.78, 5) is 22.4. The minimum atomic E-state index is -1.11. The first-order valence-electron chi connectivity index (χ1n) is 5.59. The summed E-state index contributed by atoms with van der Waals surface area (Å²) in [6.45, 7) is 3.41. The molecule has 1 aromatic heterocycles. The van der Waals surface area contributed by atoms with Gasteiger partial charge in [-0.25, -0.2) is 4.79 Å². The van der Waals surface area contributed by atoms with E-state index in [9.17, 15) is 9.59 Å². The summed E-state index contributed by atoms with van der Waals surface area (Å²) < 4.78 is 5.27. The third-order valence-corrected chi connectivity index (χ3v) is 2.74. The molecule has 2 rings (SSSR count). The van der Waals surface area contributed by atoms with Crippen LogP contribution >= 0.6 is 0 Å². The van der Waals surface area contributed by atoms with Gasteiger partial charge in [0.05, 0.1) is 5.69 Å². The predicted octanol–water partition coefficient (Wildman–Crippen LogP) is 2.79. The third kappa shape index (κ3) is 1.95. The lowest BCUT2D eigenvalue weighted by atomic mass is 10.1. The van der Waals surface area contributed by atoms with Gasteiger partial charge in [0.25, 0.3) is 0 Å². The topological polar surface area (TPSA) is 79.5 Å². The Morgan fingerprint density at radius 1 is 1.39 bits per heavy atom. The highest BCUT2D eigenvalue weighted by Gasteiger charge is 2.19. The average molecular weight is 247 g/mol. The Bertz CT molecular complexity index is 627. The van der Waals surface area contributed by atoms with Gasteiger partial charge in [-0.05, 0) is 19.1 Å². The monoisotopic (exact) mass is 247 g/mol. The van der Waals surface area contributed by atoms with E-state index in [1.807, 2.05) is 0 Å². The number of carboxylic acids is 1. The lowest BCUT2D eigenvalue weighted by Crippen LogP contribution is -2.09. The fraction of sp³-hybridized carbons (Fsp3) is 0.231. The fourth-order valence-corrected chi connectivity index (χ4v) is 1.85. The zero-order chi connectivity index (χ0) is 13.3. The van der Waals surface area contributed by atoms with Gasteiger partial charge in [0.15, 0.2) is 0 Å². The number of amides is 1. The number of carboxylic acid groups (broad SMARTS) is 1. The summed E-state index contributed by atoms with van der Waals surface area (Å²) >= 11 is 0. The molecule has 1 aromatic carbocycles. The molecule has 0 bridgehead atoms. The van der Waals surface area contributed by atoms with Crippen molar-refractivity contribution in [3.05, 3.63) is 29.5 Å². The molecule has 5 heteroatoms. The third-order valence-electron chi connectivity index (χ3n) is 2.74. The number of furan rings is 1. The van der Waals surface area contributed by atoms with Crippen molar-refractivity contribution in [2.24, 2.45) is 0 Å². The van der Waals surface area contributed by atoms with Gasteiger partial charge in [0.2, 0.25) is 11.7 Å². The van der Waals surface area contributed by atoms with Crippen LogP contribution in [0.15, 0.2) is 22.6 Å². The van der Waals surface area contributed by atoms with E-state index in [-0.39, 0.29) is 11.7 Å². The maximum absolute atomic E-state index is 11.4. The maximum atomic E-state index is 11.4. The lowest BCUT2D eigenvalue weighted by Gasteiger charge is -2.04.